The van der Waals surface area contributed by atoms with Crippen molar-refractivity contribution in [2.24, 2.45) is 0 Å². The summed E-state index contributed by atoms with van der Waals surface area (Å²) < 4.78 is 6.83. The summed E-state index contributed by atoms with van der Waals surface area (Å²) in [6.07, 6.45) is 3.22. The van der Waals surface area contributed by atoms with Gasteiger partial charge in [0.15, 0.2) is 0 Å². The van der Waals surface area contributed by atoms with Gasteiger partial charge >= 0.3 is 0 Å². The molecule has 0 aliphatic rings. The molecule has 112 valence electrons. The summed E-state index contributed by atoms with van der Waals surface area (Å²) in [6, 6.07) is 22.3. The smallest absolute Gasteiger partial charge is 0.134 e. The SMILES string of the molecule is N#C/C=C/c1ccc(OCc2cccc3ccccc23)c(Br)c1. The monoisotopic (exact) mass is 363 g/mol. The number of allylic oxidation sites excluding steroid dienone is 1. The summed E-state index contributed by atoms with van der Waals surface area (Å²) in [7, 11) is 0. The van der Waals surface area contributed by atoms with E-state index in [4.69, 9.17) is 10.00 Å². The summed E-state index contributed by atoms with van der Waals surface area (Å²) in [5.41, 5.74) is 2.11. The zero-order valence-electron chi connectivity index (χ0n) is 12.4. The standard InChI is InChI=1S/C20H14BrNO/c21-19-13-15(5-4-12-22)10-11-20(19)23-14-17-8-3-7-16-6-1-2-9-18(16)17/h1-11,13H,14H2/b5-4+. The Morgan fingerprint density at radius 2 is 1.87 bits per heavy atom. The molecule has 0 heterocycles. The van der Waals surface area contributed by atoms with Gasteiger partial charge in [0.1, 0.15) is 12.4 Å². The quantitative estimate of drug-likeness (QED) is 0.555. The summed E-state index contributed by atoms with van der Waals surface area (Å²) in [6.45, 7) is 0.507. The Hall–Kier alpha value is -2.57. The minimum atomic E-state index is 0.507. The molecule has 2 nitrogen and oxygen atoms in total. The van der Waals surface area contributed by atoms with E-state index in [1.54, 1.807) is 6.08 Å². The number of halogens is 1. The molecular weight excluding hydrogens is 350 g/mol. The molecule has 0 bridgehead atoms. The lowest BCUT2D eigenvalue weighted by Crippen LogP contribution is -1.97. The molecule has 0 aliphatic heterocycles. The predicted octanol–water partition coefficient (Wildman–Crippen LogP) is 5.72. The van der Waals surface area contributed by atoms with Crippen molar-refractivity contribution in [3.05, 3.63) is 82.3 Å². The van der Waals surface area contributed by atoms with Crippen molar-refractivity contribution in [1.29, 1.82) is 5.26 Å². The molecule has 0 aromatic heterocycles. The highest BCUT2D eigenvalue weighted by Gasteiger charge is 2.05. The topological polar surface area (TPSA) is 33.0 Å². The molecule has 0 aliphatic carbocycles. The first-order valence-corrected chi connectivity index (χ1v) is 8.02. The van der Waals surface area contributed by atoms with Gasteiger partial charge in [0.2, 0.25) is 0 Å². The Balaban J connectivity index is 1.80. The Bertz CT molecular complexity index is 904. The first-order valence-electron chi connectivity index (χ1n) is 7.23. The molecule has 0 atom stereocenters. The predicted molar refractivity (Wildman–Crippen MR) is 97.1 cm³/mol. The van der Waals surface area contributed by atoms with Crippen molar-refractivity contribution >= 4 is 32.8 Å². The van der Waals surface area contributed by atoms with Gasteiger partial charge in [0.25, 0.3) is 0 Å². The summed E-state index contributed by atoms with van der Waals surface area (Å²) in [5.74, 6) is 0.784. The number of nitrogens with zero attached hydrogens (tertiary/aromatic N) is 1. The van der Waals surface area contributed by atoms with Gasteiger partial charge in [-0.1, -0.05) is 48.5 Å². The van der Waals surface area contributed by atoms with Gasteiger partial charge in [-0.3, -0.25) is 0 Å². The fraction of sp³-hybridized carbons (Fsp3) is 0.0500. The molecule has 0 fully saturated rings. The zero-order valence-corrected chi connectivity index (χ0v) is 14.0. The summed E-state index contributed by atoms with van der Waals surface area (Å²) in [5, 5.41) is 11.0. The molecule has 23 heavy (non-hydrogen) atoms. The van der Waals surface area contributed by atoms with Crippen molar-refractivity contribution in [1.82, 2.24) is 0 Å². The molecule has 3 aromatic carbocycles. The third-order valence-electron chi connectivity index (χ3n) is 3.57. The number of nitriles is 1. The average molecular weight is 364 g/mol. The number of ether oxygens (including phenoxy) is 1. The highest BCUT2D eigenvalue weighted by Crippen LogP contribution is 2.28. The van der Waals surface area contributed by atoms with Crippen LogP contribution in [0.25, 0.3) is 16.8 Å². The van der Waals surface area contributed by atoms with Gasteiger partial charge in [-0.05, 0) is 56.0 Å². The fourth-order valence-electron chi connectivity index (χ4n) is 2.45. The lowest BCUT2D eigenvalue weighted by molar-refractivity contribution is 0.305. The minimum Gasteiger partial charge on any atom is -0.488 e. The second-order valence-corrected chi connectivity index (χ2v) is 5.93. The second kappa shape index (κ2) is 7.13. The highest BCUT2D eigenvalue weighted by atomic mass is 79.9. The van der Waals surface area contributed by atoms with E-state index in [9.17, 15) is 0 Å². The van der Waals surface area contributed by atoms with Crippen molar-refractivity contribution in [3.63, 3.8) is 0 Å². The fourth-order valence-corrected chi connectivity index (χ4v) is 2.96. The first kappa shape index (κ1) is 15.3. The highest BCUT2D eigenvalue weighted by molar-refractivity contribution is 9.10. The Labute approximate surface area is 143 Å². The van der Waals surface area contributed by atoms with Crippen LogP contribution < -0.4 is 4.74 Å². The van der Waals surface area contributed by atoms with E-state index >= 15 is 0 Å². The van der Waals surface area contributed by atoms with Crippen LogP contribution in [0.15, 0.2) is 71.2 Å². The van der Waals surface area contributed by atoms with E-state index < -0.39 is 0 Å². The van der Waals surface area contributed by atoms with Crippen LogP contribution in [-0.2, 0) is 6.61 Å². The van der Waals surface area contributed by atoms with Gasteiger partial charge in [0.05, 0.1) is 10.5 Å². The molecule has 0 N–H and O–H groups in total. The molecule has 0 saturated carbocycles. The third kappa shape index (κ3) is 3.61. The van der Waals surface area contributed by atoms with Crippen LogP contribution in [-0.4, -0.2) is 0 Å². The Morgan fingerprint density at radius 3 is 2.70 bits per heavy atom. The number of benzene rings is 3. The number of fused-ring (bicyclic) bond motifs is 1. The molecule has 3 aromatic rings. The summed E-state index contributed by atoms with van der Waals surface area (Å²) in [4.78, 5) is 0. The van der Waals surface area contributed by atoms with Crippen LogP contribution in [0.3, 0.4) is 0 Å². The minimum absolute atomic E-state index is 0.507. The lowest BCUT2D eigenvalue weighted by atomic mass is 10.1. The van der Waals surface area contributed by atoms with E-state index in [-0.39, 0.29) is 0 Å². The lowest BCUT2D eigenvalue weighted by Gasteiger charge is -2.11. The molecule has 0 unspecified atom stereocenters. The van der Waals surface area contributed by atoms with E-state index in [2.05, 4.69) is 40.2 Å². The number of hydrogen-bond donors (Lipinski definition) is 0. The van der Waals surface area contributed by atoms with E-state index in [0.29, 0.717) is 6.61 Å². The number of rotatable bonds is 4. The summed E-state index contributed by atoms with van der Waals surface area (Å²) >= 11 is 3.52. The van der Waals surface area contributed by atoms with Crippen LogP contribution in [0.1, 0.15) is 11.1 Å². The van der Waals surface area contributed by atoms with Gasteiger partial charge < -0.3 is 4.74 Å². The molecule has 0 amide bonds. The van der Waals surface area contributed by atoms with E-state index in [1.165, 1.54) is 16.8 Å². The van der Waals surface area contributed by atoms with Crippen LogP contribution in [0.2, 0.25) is 0 Å². The molecule has 0 saturated heterocycles. The van der Waals surface area contributed by atoms with Gasteiger partial charge in [-0.2, -0.15) is 5.26 Å². The van der Waals surface area contributed by atoms with Crippen molar-refractivity contribution in [2.75, 3.05) is 0 Å². The van der Waals surface area contributed by atoms with Crippen molar-refractivity contribution in [3.8, 4) is 11.8 Å². The second-order valence-electron chi connectivity index (χ2n) is 5.08. The Morgan fingerprint density at radius 1 is 1.04 bits per heavy atom. The van der Waals surface area contributed by atoms with Crippen molar-refractivity contribution in [2.45, 2.75) is 6.61 Å². The molecular formula is C20H14BrNO. The normalized spacial score (nSPS) is 10.8. The van der Waals surface area contributed by atoms with Crippen LogP contribution in [0.5, 0.6) is 5.75 Å². The van der Waals surface area contributed by atoms with Crippen LogP contribution in [0.4, 0.5) is 0 Å². The zero-order chi connectivity index (χ0) is 16.1. The largest absolute Gasteiger partial charge is 0.488 e. The molecule has 3 heteroatoms. The first-order chi connectivity index (χ1) is 11.3. The molecule has 0 radical (unpaired) electrons. The van der Waals surface area contributed by atoms with Gasteiger partial charge in [-0.15, -0.1) is 0 Å². The average Bonchev–Trinajstić information content (AvgIpc) is 2.59. The maximum Gasteiger partial charge on any atom is 0.134 e. The van der Waals surface area contributed by atoms with Crippen LogP contribution >= 0.6 is 15.9 Å². The van der Waals surface area contributed by atoms with Crippen molar-refractivity contribution < 1.29 is 4.74 Å². The van der Waals surface area contributed by atoms with Crippen LogP contribution in [0, 0.1) is 11.3 Å². The number of hydrogen-bond acceptors (Lipinski definition) is 2. The van der Waals surface area contributed by atoms with E-state index in [1.807, 2.05) is 42.5 Å². The molecule has 3 rings (SSSR count). The Kier molecular flexibility index (Phi) is 4.75. The molecule has 0 spiro atoms. The van der Waals surface area contributed by atoms with Gasteiger partial charge in [0, 0.05) is 6.08 Å². The van der Waals surface area contributed by atoms with E-state index in [0.717, 1.165) is 21.3 Å². The maximum absolute atomic E-state index is 8.58. The third-order valence-corrected chi connectivity index (χ3v) is 4.19. The maximum atomic E-state index is 8.58. The van der Waals surface area contributed by atoms with Gasteiger partial charge in [-0.25, -0.2) is 0 Å².